The maximum absolute atomic E-state index is 9.65. The van der Waals surface area contributed by atoms with Crippen molar-refractivity contribution in [3.05, 3.63) is 17.0 Å². The highest BCUT2D eigenvalue weighted by molar-refractivity contribution is 5.23. The van der Waals surface area contributed by atoms with E-state index >= 15 is 0 Å². The Kier molecular flexibility index (Phi) is 4.40. The van der Waals surface area contributed by atoms with Gasteiger partial charge in [-0.3, -0.25) is 4.68 Å². The number of hydrogen-bond acceptors (Lipinski definition) is 3. The van der Waals surface area contributed by atoms with Crippen LogP contribution < -0.4 is 5.32 Å². The Balaban J connectivity index is 1.81. The molecule has 1 aromatic heterocycles. The van der Waals surface area contributed by atoms with E-state index in [1.54, 1.807) is 0 Å². The largest absolute Gasteiger partial charge is 0.393 e. The Bertz CT molecular complexity index is 400. The minimum absolute atomic E-state index is 0.0765. The Labute approximate surface area is 109 Å². The molecule has 1 fully saturated rings. The first-order valence-electron chi connectivity index (χ1n) is 6.95. The third kappa shape index (κ3) is 3.12. The number of hydrogen-bond donors (Lipinski definition) is 2. The summed E-state index contributed by atoms with van der Waals surface area (Å²) in [5.74, 6) is 0.631. The fourth-order valence-corrected chi connectivity index (χ4v) is 2.92. The molecule has 102 valence electrons. The van der Waals surface area contributed by atoms with Gasteiger partial charge < -0.3 is 10.4 Å². The van der Waals surface area contributed by atoms with E-state index in [4.69, 9.17) is 0 Å². The third-order valence-electron chi connectivity index (χ3n) is 4.15. The highest BCUT2D eigenvalue weighted by Crippen LogP contribution is 2.23. The smallest absolute Gasteiger partial charge is 0.0641 e. The van der Waals surface area contributed by atoms with Gasteiger partial charge in [-0.05, 0) is 45.6 Å². The molecule has 1 aromatic rings. The molecular formula is C14H25N3O. The topological polar surface area (TPSA) is 50.1 Å². The van der Waals surface area contributed by atoms with Crippen molar-refractivity contribution in [1.29, 1.82) is 0 Å². The van der Waals surface area contributed by atoms with Gasteiger partial charge in [0.1, 0.15) is 0 Å². The average molecular weight is 251 g/mol. The summed E-state index contributed by atoms with van der Waals surface area (Å²) in [7, 11) is 1.99. The summed E-state index contributed by atoms with van der Waals surface area (Å²) in [5.41, 5.74) is 3.67. The zero-order valence-electron chi connectivity index (χ0n) is 11.7. The summed E-state index contributed by atoms with van der Waals surface area (Å²) in [6.45, 7) is 6.07. The molecule has 0 spiro atoms. The molecule has 2 atom stereocenters. The first kappa shape index (κ1) is 13.6. The van der Waals surface area contributed by atoms with Gasteiger partial charge in [-0.15, -0.1) is 0 Å². The molecule has 0 saturated heterocycles. The van der Waals surface area contributed by atoms with Gasteiger partial charge in [0.2, 0.25) is 0 Å². The molecule has 1 aliphatic rings. The molecule has 0 amide bonds. The first-order valence-corrected chi connectivity index (χ1v) is 6.95. The molecular weight excluding hydrogens is 226 g/mol. The van der Waals surface area contributed by atoms with E-state index in [-0.39, 0.29) is 6.10 Å². The van der Waals surface area contributed by atoms with E-state index in [9.17, 15) is 5.11 Å². The van der Waals surface area contributed by atoms with E-state index < -0.39 is 0 Å². The quantitative estimate of drug-likeness (QED) is 0.856. The fraction of sp³-hybridized carbons (Fsp3) is 0.786. The van der Waals surface area contributed by atoms with Gasteiger partial charge in [0, 0.05) is 24.8 Å². The van der Waals surface area contributed by atoms with Gasteiger partial charge in [-0.2, -0.15) is 5.10 Å². The van der Waals surface area contributed by atoms with Crippen LogP contribution in [0.2, 0.25) is 0 Å². The first-order chi connectivity index (χ1) is 8.58. The van der Waals surface area contributed by atoms with E-state index in [0.29, 0.717) is 5.92 Å². The summed E-state index contributed by atoms with van der Waals surface area (Å²) >= 11 is 0. The van der Waals surface area contributed by atoms with Crippen LogP contribution in [0.25, 0.3) is 0 Å². The Morgan fingerprint density at radius 1 is 1.39 bits per heavy atom. The van der Waals surface area contributed by atoms with E-state index in [1.165, 1.54) is 24.1 Å². The van der Waals surface area contributed by atoms with Crippen molar-refractivity contribution in [2.24, 2.45) is 13.0 Å². The predicted molar refractivity (Wildman–Crippen MR) is 72.4 cm³/mol. The fourth-order valence-electron chi connectivity index (χ4n) is 2.92. The average Bonchev–Trinajstić information content (AvgIpc) is 2.56. The van der Waals surface area contributed by atoms with Gasteiger partial charge in [0.25, 0.3) is 0 Å². The molecule has 0 aromatic carbocycles. The van der Waals surface area contributed by atoms with Crippen molar-refractivity contribution in [3.8, 4) is 0 Å². The van der Waals surface area contributed by atoms with Crippen LogP contribution in [0.15, 0.2) is 0 Å². The number of rotatable bonds is 4. The monoisotopic (exact) mass is 251 g/mol. The molecule has 1 heterocycles. The van der Waals surface area contributed by atoms with Crippen LogP contribution in [0.4, 0.5) is 0 Å². The van der Waals surface area contributed by atoms with Gasteiger partial charge in [0.05, 0.1) is 11.8 Å². The molecule has 0 radical (unpaired) electrons. The van der Waals surface area contributed by atoms with Crippen LogP contribution in [0.1, 0.15) is 42.6 Å². The Morgan fingerprint density at radius 2 is 2.17 bits per heavy atom. The highest BCUT2D eigenvalue weighted by Gasteiger charge is 2.19. The molecule has 0 bridgehead atoms. The number of nitrogens with zero attached hydrogens (tertiary/aromatic N) is 2. The van der Waals surface area contributed by atoms with Crippen LogP contribution in [-0.2, 0) is 13.6 Å². The second-order valence-corrected chi connectivity index (χ2v) is 5.59. The van der Waals surface area contributed by atoms with Gasteiger partial charge in [-0.25, -0.2) is 0 Å². The lowest BCUT2D eigenvalue weighted by Crippen LogP contribution is -2.29. The Morgan fingerprint density at radius 3 is 2.78 bits per heavy atom. The van der Waals surface area contributed by atoms with Gasteiger partial charge >= 0.3 is 0 Å². The Hall–Kier alpha value is -0.870. The van der Waals surface area contributed by atoms with E-state index in [2.05, 4.69) is 24.3 Å². The van der Waals surface area contributed by atoms with Crippen molar-refractivity contribution < 1.29 is 5.11 Å². The van der Waals surface area contributed by atoms with E-state index in [0.717, 1.165) is 31.6 Å². The molecule has 0 aliphatic heterocycles. The molecule has 18 heavy (non-hydrogen) atoms. The van der Waals surface area contributed by atoms with Crippen LogP contribution in [0.5, 0.6) is 0 Å². The van der Waals surface area contributed by atoms with Crippen LogP contribution in [0.3, 0.4) is 0 Å². The summed E-state index contributed by atoms with van der Waals surface area (Å²) in [4.78, 5) is 0. The van der Waals surface area contributed by atoms with Crippen molar-refractivity contribution in [3.63, 3.8) is 0 Å². The number of aliphatic hydroxyl groups is 1. The SMILES string of the molecule is Cc1nn(C)c(C)c1CNCC1CCCC(O)C1. The molecule has 1 saturated carbocycles. The minimum Gasteiger partial charge on any atom is -0.393 e. The third-order valence-corrected chi connectivity index (χ3v) is 4.15. The van der Waals surface area contributed by atoms with Gasteiger partial charge in [-0.1, -0.05) is 6.42 Å². The highest BCUT2D eigenvalue weighted by atomic mass is 16.3. The summed E-state index contributed by atoms with van der Waals surface area (Å²) in [5, 5.41) is 17.6. The number of aryl methyl sites for hydroxylation is 2. The summed E-state index contributed by atoms with van der Waals surface area (Å²) < 4.78 is 1.94. The lowest BCUT2D eigenvalue weighted by atomic mass is 9.87. The summed E-state index contributed by atoms with van der Waals surface area (Å²) in [6.07, 6.45) is 4.27. The van der Waals surface area contributed by atoms with Crippen molar-refractivity contribution in [1.82, 2.24) is 15.1 Å². The number of nitrogens with one attached hydrogen (secondary N) is 1. The minimum atomic E-state index is -0.0765. The molecule has 4 heteroatoms. The predicted octanol–water partition coefficient (Wildman–Crippen LogP) is 1.68. The standard InChI is InChI=1S/C14H25N3O/c1-10-14(11(2)17(3)16-10)9-15-8-12-5-4-6-13(18)7-12/h12-13,15,18H,4-9H2,1-3H3. The maximum atomic E-state index is 9.65. The zero-order chi connectivity index (χ0) is 13.1. The normalized spacial score (nSPS) is 24.4. The van der Waals surface area contributed by atoms with Crippen molar-refractivity contribution in [2.75, 3.05) is 6.54 Å². The molecule has 2 unspecified atom stereocenters. The maximum Gasteiger partial charge on any atom is 0.0641 e. The van der Waals surface area contributed by atoms with E-state index in [1.807, 2.05) is 11.7 Å². The van der Waals surface area contributed by atoms with Crippen LogP contribution in [0, 0.1) is 19.8 Å². The van der Waals surface area contributed by atoms with Crippen molar-refractivity contribution in [2.45, 2.75) is 52.2 Å². The number of aliphatic hydroxyl groups excluding tert-OH is 1. The molecule has 2 rings (SSSR count). The second kappa shape index (κ2) is 5.85. The molecule has 1 aliphatic carbocycles. The lowest BCUT2D eigenvalue weighted by molar-refractivity contribution is 0.101. The van der Waals surface area contributed by atoms with Gasteiger partial charge in [0.15, 0.2) is 0 Å². The lowest BCUT2D eigenvalue weighted by Gasteiger charge is -2.26. The second-order valence-electron chi connectivity index (χ2n) is 5.59. The number of aromatic nitrogens is 2. The molecule has 4 nitrogen and oxygen atoms in total. The van der Waals surface area contributed by atoms with Crippen LogP contribution >= 0.6 is 0 Å². The summed E-state index contributed by atoms with van der Waals surface area (Å²) in [6, 6.07) is 0. The molecule has 2 N–H and O–H groups in total. The van der Waals surface area contributed by atoms with Crippen LogP contribution in [-0.4, -0.2) is 27.5 Å². The zero-order valence-corrected chi connectivity index (χ0v) is 11.7. The van der Waals surface area contributed by atoms with Crippen molar-refractivity contribution >= 4 is 0 Å².